The predicted octanol–water partition coefficient (Wildman–Crippen LogP) is 6.27. The zero-order chi connectivity index (χ0) is 25.5. The van der Waals surface area contributed by atoms with Crippen LogP contribution in [-0.4, -0.2) is 24.5 Å². The summed E-state index contributed by atoms with van der Waals surface area (Å²) in [7, 11) is 0. The number of halogens is 3. The molecule has 10 heteroatoms. The average molecular weight is 501 g/mol. The number of anilines is 3. The first-order valence-corrected chi connectivity index (χ1v) is 11.0. The second-order valence-electron chi connectivity index (χ2n) is 7.97. The number of carbonyl (C=O) groups is 3. The Morgan fingerprint density at radius 2 is 1.43 bits per heavy atom. The van der Waals surface area contributed by atoms with Crippen molar-refractivity contribution >= 4 is 46.6 Å². The molecule has 0 saturated heterocycles. The van der Waals surface area contributed by atoms with Gasteiger partial charge in [-0.05, 0) is 54.4 Å². The monoisotopic (exact) mass is 500 g/mol. The minimum absolute atomic E-state index is 0.183. The summed E-state index contributed by atoms with van der Waals surface area (Å²) in [4.78, 5) is 38.6. The number of benzene rings is 3. The van der Waals surface area contributed by atoms with Crippen LogP contribution in [0.5, 0.6) is 0 Å². The zero-order valence-corrected chi connectivity index (χ0v) is 19.7. The Morgan fingerprint density at radius 1 is 0.857 bits per heavy atom. The summed E-state index contributed by atoms with van der Waals surface area (Å²) >= 11 is 6.28. The molecule has 0 atom stereocenters. The van der Waals surface area contributed by atoms with Crippen molar-refractivity contribution in [2.24, 2.45) is 5.92 Å². The van der Waals surface area contributed by atoms with E-state index >= 15 is 0 Å². The molecular weight excluding hydrogens is 478 g/mol. The third-order valence-electron chi connectivity index (χ3n) is 4.75. The minimum Gasteiger partial charge on any atom is -0.308 e. The van der Waals surface area contributed by atoms with E-state index in [4.69, 9.17) is 11.6 Å². The average Bonchev–Trinajstić information content (AvgIpc) is 2.79. The fourth-order valence-electron chi connectivity index (χ4n) is 3.20. The van der Waals surface area contributed by atoms with E-state index in [2.05, 4.69) is 10.6 Å². The fourth-order valence-corrected chi connectivity index (χ4v) is 3.43. The number of amides is 5. The van der Waals surface area contributed by atoms with Crippen LogP contribution in [0.4, 0.5) is 35.4 Å². The second-order valence-corrected chi connectivity index (χ2v) is 8.38. The summed E-state index contributed by atoms with van der Waals surface area (Å²) < 4.78 is 27.4. The Kier molecular flexibility index (Phi) is 8.38. The number of carbonyl (C=O) groups excluding carboxylic acids is 3. The van der Waals surface area contributed by atoms with Crippen LogP contribution in [0.2, 0.25) is 5.02 Å². The topological polar surface area (TPSA) is 90.5 Å². The SMILES string of the molecule is CC(C)CN(C(=O)Nc1ccc(NC(=O)NC(=O)c2c(F)cccc2F)cc1)c1ccccc1Cl. The van der Waals surface area contributed by atoms with E-state index < -0.39 is 29.1 Å². The van der Waals surface area contributed by atoms with Crippen molar-refractivity contribution in [3.8, 4) is 0 Å². The van der Waals surface area contributed by atoms with Crippen molar-refractivity contribution in [1.82, 2.24) is 5.32 Å². The Hall–Kier alpha value is -3.98. The molecule has 3 aromatic rings. The van der Waals surface area contributed by atoms with E-state index in [-0.39, 0.29) is 17.6 Å². The number of urea groups is 2. The molecule has 0 aliphatic carbocycles. The molecule has 0 radical (unpaired) electrons. The van der Waals surface area contributed by atoms with E-state index in [1.54, 1.807) is 41.3 Å². The summed E-state index contributed by atoms with van der Waals surface area (Å²) in [5.74, 6) is -3.20. The van der Waals surface area contributed by atoms with Gasteiger partial charge in [-0.3, -0.25) is 15.0 Å². The zero-order valence-electron chi connectivity index (χ0n) is 18.9. The van der Waals surface area contributed by atoms with Gasteiger partial charge in [0.25, 0.3) is 5.91 Å². The van der Waals surface area contributed by atoms with E-state index in [1.807, 2.05) is 19.2 Å². The van der Waals surface area contributed by atoms with Crippen molar-refractivity contribution in [3.05, 3.63) is 89.0 Å². The maximum absolute atomic E-state index is 13.7. The fraction of sp³-hybridized carbons (Fsp3) is 0.160. The molecule has 0 aromatic heterocycles. The van der Waals surface area contributed by atoms with Crippen LogP contribution in [0.1, 0.15) is 24.2 Å². The van der Waals surface area contributed by atoms with Crippen LogP contribution in [0, 0.1) is 17.6 Å². The Balaban J connectivity index is 1.64. The Morgan fingerprint density at radius 3 is 2.00 bits per heavy atom. The third kappa shape index (κ3) is 6.77. The number of nitrogens with zero attached hydrogens (tertiary/aromatic N) is 1. The molecule has 0 bridgehead atoms. The molecule has 0 heterocycles. The molecule has 0 fully saturated rings. The van der Waals surface area contributed by atoms with Gasteiger partial charge in [-0.25, -0.2) is 18.4 Å². The highest BCUT2D eigenvalue weighted by atomic mass is 35.5. The summed E-state index contributed by atoms with van der Waals surface area (Å²) in [5.41, 5.74) is 0.454. The van der Waals surface area contributed by atoms with Gasteiger partial charge in [0.15, 0.2) is 0 Å². The maximum atomic E-state index is 13.7. The maximum Gasteiger partial charge on any atom is 0.326 e. The van der Waals surface area contributed by atoms with Crippen LogP contribution in [0.3, 0.4) is 0 Å². The van der Waals surface area contributed by atoms with Gasteiger partial charge in [-0.15, -0.1) is 0 Å². The first-order chi connectivity index (χ1) is 16.7. The highest BCUT2D eigenvalue weighted by Gasteiger charge is 2.21. The van der Waals surface area contributed by atoms with Crippen LogP contribution in [0.25, 0.3) is 0 Å². The van der Waals surface area contributed by atoms with Gasteiger partial charge in [-0.1, -0.05) is 43.6 Å². The van der Waals surface area contributed by atoms with E-state index in [0.29, 0.717) is 22.9 Å². The van der Waals surface area contributed by atoms with Crippen molar-refractivity contribution in [1.29, 1.82) is 0 Å². The quantitative estimate of drug-likeness (QED) is 0.372. The molecule has 0 aliphatic rings. The number of hydrogen-bond donors (Lipinski definition) is 3. The van der Waals surface area contributed by atoms with Crippen molar-refractivity contribution in [3.63, 3.8) is 0 Å². The first-order valence-electron chi connectivity index (χ1n) is 10.6. The van der Waals surface area contributed by atoms with Gasteiger partial charge < -0.3 is 10.6 Å². The number of rotatable bonds is 6. The second kappa shape index (κ2) is 11.4. The van der Waals surface area contributed by atoms with Crippen molar-refractivity contribution < 1.29 is 23.2 Å². The van der Waals surface area contributed by atoms with E-state index in [1.165, 1.54) is 12.1 Å². The van der Waals surface area contributed by atoms with Crippen LogP contribution < -0.4 is 20.9 Å². The molecular formula is C25H23ClF2N4O3. The molecule has 5 amide bonds. The Bertz CT molecular complexity index is 1220. The lowest BCUT2D eigenvalue weighted by Crippen LogP contribution is -2.38. The molecule has 0 spiro atoms. The van der Waals surface area contributed by atoms with Gasteiger partial charge >= 0.3 is 12.1 Å². The largest absolute Gasteiger partial charge is 0.326 e. The summed E-state index contributed by atoms with van der Waals surface area (Å²) in [6.07, 6.45) is 0. The summed E-state index contributed by atoms with van der Waals surface area (Å²) in [6, 6.07) is 14.7. The van der Waals surface area contributed by atoms with Crippen LogP contribution in [-0.2, 0) is 0 Å². The smallest absolute Gasteiger partial charge is 0.308 e. The Labute approximate surface area is 206 Å². The van der Waals surface area contributed by atoms with Gasteiger partial charge in [-0.2, -0.15) is 0 Å². The lowest BCUT2D eigenvalue weighted by Gasteiger charge is -2.26. The van der Waals surface area contributed by atoms with Gasteiger partial charge in [0.1, 0.15) is 17.2 Å². The predicted molar refractivity (Wildman–Crippen MR) is 132 cm³/mol. The molecule has 182 valence electrons. The van der Waals surface area contributed by atoms with Gasteiger partial charge in [0.05, 0.1) is 10.7 Å². The molecule has 0 unspecified atom stereocenters. The number of nitrogens with one attached hydrogen (secondary N) is 3. The molecule has 0 saturated carbocycles. The number of hydrogen-bond acceptors (Lipinski definition) is 3. The summed E-state index contributed by atoms with van der Waals surface area (Å²) in [5, 5.41) is 7.49. The molecule has 0 aliphatic heterocycles. The lowest BCUT2D eigenvalue weighted by atomic mass is 10.2. The number of imide groups is 1. The highest BCUT2D eigenvalue weighted by molar-refractivity contribution is 6.34. The van der Waals surface area contributed by atoms with E-state index in [9.17, 15) is 23.2 Å². The lowest BCUT2D eigenvalue weighted by molar-refractivity contribution is 0.0959. The number of para-hydroxylation sites is 1. The molecule has 7 nitrogen and oxygen atoms in total. The molecule has 3 rings (SSSR count). The molecule has 3 N–H and O–H groups in total. The minimum atomic E-state index is -1.22. The highest BCUT2D eigenvalue weighted by Crippen LogP contribution is 2.27. The van der Waals surface area contributed by atoms with Crippen molar-refractivity contribution in [2.45, 2.75) is 13.8 Å². The van der Waals surface area contributed by atoms with Crippen LogP contribution >= 0.6 is 11.6 Å². The molecule has 3 aromatic carbocycles. The van der Waals surface area contributed by atoms with Gasteiger partial charge in [0, 0.05) is 17.9 Å². The van der Waals surface area contributed by atoms with Gasteiger partial charge in [0.2, 0.25) is 0 Å². The third-order valence-corrected chi connectivity index (χ3v) is 5.07. The first kappa shape index (κ1) is 25.6. The molecule has 35 heavy (non-hydrogen) atoms. The van der Waals surface area contributed by atoms with E-state index in [0.717, 1.165) is 18.2 Å². The van der Waals surface area contributed by atoms with Crippen molar-refractivity contribution in [2.75, 3.05) is 22.1 Å². The van der Waals surface area contributed by atoms with Crippen LogP contribution in [0.15, 0.2) is 66.7 Å². The normalized spacial score (nSPS) is 10.6. The summed E-state index contributed by atoms with van der Waals surface area (Å²) in [6.45, 7) is 4.40. The standard InChI is InChI=1S/C25H23ClF2N4O3/c1-15(2)14-32(21-9-4-3-6-18(21)26)25(35)30-17-12-10-16(11-13-17)29-24(34)31-23(33)22-19(27)7-5-8-20(22)28/h3-13,15H,14H2,1-2H3,(H,30,35)(H2,29,31,33,34).